The molecule has 0 aromatic carbocycles. The summed E-state index contributed by atoms with van der Waals surface area (Å²) in [4.78, 5) is 14.3. The number of amides is 1. The fourth-order valence-electron chi connectivity index (χ4n) is 2.22. The van der Waals surface area contributed by atoms with Gasteiger partial charge in [0, 0.05) is 19.1 Å². The summed E-state index contributed by atoms with van der Waals surface area (Å²) in [5.41, 5.74) is 0. The molecule has 0 aliphatic heterocycles. The monoisotopic (exact) mass is 284 g/mol. The molecule has 0 unspecified atom stereocenters. The summed E-state index contributed by atoms with van der Waals surface area (Å²) >= 11 is 0. The second-order valence-corrected chi connectivity index (χ2v) is 6.04. The quantitative estimate of drug-likeness (QED) is 0.519. The van der Waals surface area contributed by atoms with Gasteiger partial charge in [-0.05, 0) is 12.8 Å². The minimum absolute atomic E-state index is 0.270. The SMILES string of the molecule is CCCCCCN(CCCCCC)C(=O)CNC(C)C. The van der Waals surface area contributed by atoms with E-state index in [0.29, 0.717) is 12.6 Å². The molecule has 120 valence electrons. The van der Waals surface area contributed by atoms with E-state index >= 15 is 0 Å². The first kappa shape index (κ1) is 19.4. The molecular formula is C17H36N2O. The first-order valence-electron chi connectivity index (χ1n) is 8.62. The van der Waals surface area contributed by atoms with Crippen LogP contribution in [-0.4, -0.2) is 36.5 Å². The second-order valence-electron chi connectivity index (χ2n) is 6.04. The predicted octanol–water partition coefficient (Wildman–Crippen LogP) is 3.97. The number of nitrogens with one attached hydrogen (secondary N) is 1. The van der Waals surface area contributed by atoms with Crippen LogP contribution in [0.15, 0.2) is 0 Å². The van der Waals surface area contributed by atoms with Crippen LogP contribution in [0.5, 0.6) is 0 Å². The molecule has 1 N–H and O–H groups in total. The van der Waals surface area contributed by atoms with E-state index in [1.54, 1.807) is 0 Å². The van der Waals surface area contributed by atoms with Crippen molar-refractivity contribution in [3.8, 4) is 0 Å². The van der Waals surface area contributed by atoms with Gasteiger partial charge >= 0.3 is 0 Å². The van der Waals surface area contributed by atoms with Crippen molar-refractivity contribution >= 4 is 5.91 Å². The van der Waals surface area contributed by atoms with Gasteiger partial charge in [0.1, 0.15) is 0 Å². The van der Waals surface area contributed by atoms with Gasteiger partial charge in [-0.15, -0.1) is 0 Å². The predicted molar refractivity (Wildman–Crippen MR) is 88.0 cm³/mol. The minimum Gasteiger partial charge on any atom is -0.342 e. The Morgan fingerprint density at radius 2 is 1.40 bits per heavy atom. The number of rotatable bonds is 13. The molecule has 0 spiro atoms. The molecule has 3 nitrogen and oxygen atoms in total. The van der Waals surface area contributed by atoms with Crippen molar-refractivity contribution in [3.63, 3.8) is 0 Å². The van der Waals surface area contributed by atoms with Crippen LogP contribution in [0.2, 0.25) is 0 Å². The van der Waals surface area contributed by atoms with Crippen LogP contribution < -0.4 is 5.32 Å². The topological polar surface area (TPSA) is 32.3 Å². The van der Waals surface area contributed by atoms with Gasteiger partial charge in [0.25, 0.3) is 0 Å². The second kappa shape index (κ2) is 13.4. The maximum atomic E-state index is 12.2. The molecular weight excluding hydrogens is 248 g/mol. The highest BCUT2D eigenvalue weighted by Crippen LogP contribution is 2.05. The lowest BCUT2D eigenvalue weighted by molar-refractivity contribution is -0.130. The Kier molecular flexibility index (Phi) is 13.0. The number of hydrogen-bond acceptors (Lipinski definition) is 2. The van der Waals surface area contributed by atoms with E-state index < -0.39 is 0 Å². The van der Waals surface area contributed by atoms with E-state index in [9.17, 15) is 4.79 Å². The Labute approximate surface area is 126 Å². The molecule has 0 aromatic heterocycles. The smallest absolute Gasteiger partial charge is 0.236 e. The maximum absolute atomic E-state index is 12.2. The molecule has 1 amide bonds. The van der Waals surface area contributed by atoms with E-state index in [1.165, 1.54) is 38.5 Å². The molecule has 0 radical (unpaired) electrons. The lowest BCUT2D eigenvalue weighted by Gasteiger charge is -2.23. The normalized spacial score (nSPS) is 11.1. The number of hydrogen-bond donors (Lipinski definition) is 1. The lowest BCUT2D eigenvalue weighted by Crippen LogP contribution is -2.41. The van der Waals surface area contributed by atoms with Gasteiger partial charge in [0.05, 0.1) is 6.54 Å². The molecule has 3 heteroatoms. The maximum Gasteiger partial charge on any atom is 0.236 e. The van der Waals surface area contributed by atoms with Gasteiger partial charge in [-0.3, -0.25) is 4.79 Å². The standard InChI is InChI=1S/C17H36N2O/c1-5-7-9-11-13-19(14-12-10-8-6-2)17(20)15-18-16(3)4/h16,18H,5-15H2,1-4H3. The molecule has 0 saturated carbocycles. The summed E-state index contributed by atoms with van der Waals surface area (Å²) in [6.45, 7) is 11.0. The highest BCUT2D eigenvalue weighted by atomic mass is 16.2. The van der Waals surface area contributed by atoms with Crippen LogP contribution in [0.4, 0.5) is 0 Å². The van der Waals surface area contributed by atoms with Gasteiger partial charge in [-0.2, -0.15) is 0 Å². The van der Waals surface area contributed by atoms with Crippen molar-refractivity contribution < 1.29 is 4.79 Å². The van der Waals surface area contributed by atoms with Crippen molar-refractivity contribution in [1.29, 1.82) is 0 Å². The van der Waals surface area contributed by atoms with Crippen LogP contribution in [0.3, 0.4) is 0 Å². The van der Waals surface area contributed by atoms with Crippen LogP contribution >= 0.6 is 0 Å². The Morgan fingerprint density at radius 3 is 1.80 bits per heavy atom. The zero-order chi connectivity index (χ0) is 15.2. The van der Waals surface area contributed by atoms with Gasteiger partial charge in [0.2, 0.25) is 5.91 Å². The van der Waals surface area contributed by atoms with E-state index in [1.807, 2.05) is 0 Å². The van der Waals surface area contributed by atoms with Crippen LogP contribution in [0.25, 0.3) is 0 Å². The summed E-state index contributed by atoms with van der Waals surface area (Å²) in [5, 5.41) is 3.24. The molecule has 0 rings (SSSR count). The van der Waals surface area contributed by atoms with Gasteiger partial charge in [-0.25, -0.2) is 0 Å². The third kappa shape index (κ3) is 11.3. The minimum atomic E-state index is 0.270. The molecule has 0 atom stereocenters. The molecule has 0 saturated heterocycles. The first-order chi connectivity index (χ1) is 9.61. The third-order valence-electron chi connectivity index (χ3n) is 3.58. The fourth-order valence-corrected chi connectivity index (χ4v) is 2.22. The highest BCUT2D eigenvalue weighted by molar-refractivity contribution is 5.78. The molecule has 20 heavy (non-hydrogen) atoms. The molecule has 0 bridgehead atoms. The Hall–Kier alpha value is -0.570. The van der Waals surface area contributed by atoms with Crippen molar-refractivity contribution in [2.45, 2.75) is 85.1 Å². The number of unbranched alkanes of at least 4 members (excludes halogenated alkanes) is 6. The zero-order valence-corrected chi connectivity index (χ0v) is 14.2. The number of carbonyl (C=O) groups is 1. The molecule has 0 aliphatic rings. The fraction of sp³-hybridized carbons (Fsp3) is 0.941. The molecule has 0 aromatic rings. The van der Waals surface area contributed by atoms with Gasteiger partial charge in [-0.1, -0.05) is 66.2 Å². The largest absolute Gasteiger partial charge is 0.342 e. The highest BCUT2D eigenvalue weighted by Gasteiger charge is 2.12. The average Bonchev–Trinajstić information content (AvgIpc) is 2.43. The lowest BCUT2D eigenvalue weighted by atomic mass is 10.1. The van der Waals surface area contributed by atoms with E-state index in [4.69, 9.17) is 0 Å². The summed E-state index contributed by atoms with van der Waals surface area (Å²) in [6, 6.07) is 0.376. The van der Waals surface area contributed by atoms with Crippen molar-refractivity contribution in [1.82, 2.24) is 10.2 Å². The van der Waals surface area contributed by atoms with Crippen molar-refractivity contribution in [2.75, 3.05) is 19.6 Å². The number of carbonyl (C=O) groups excluding carboxylic acids is 1. The number of nitrogens with zero attached hydrogens (tertiary/aromatic N) is 1. The third-order valence-corrected chi connectivity index (χ3v) is 3.58. The summed E-state index contributed by atoms with van der Waals surface area (Å²) in [6.07, 6.45) is 9.84. The van der Waals surface area contributed by atoms with E-state index in [2.05, 4.69) is 37.9 Å². The molecule has 0 heterocycles. The van der Waals surface area contributed by atoms with Gasteiger partial charge in [0.15, 0.2) is 0 Å². The van der Waals surface area contributed by atoms with Crippen LogP contribution in [0, 0.1) is 0 Å². The average molecular weight is 284 g/mol. The van der Waals surface area contributed by atoms with Crippen LogP contribution in [-0.2, 0) is 4.79 Å². The molecule has 0 aliphatic carbocycles. The summed E-state index contributed by atoms with van der Waals surface area (Å²) in [7, 11) is 0. The van der Waals surface area contributed by atoms with Crippen LogP contribution in [0.1, 0.15) is 79.1 Å². The van der Waals surface area contributed by atoms with Crippen molar-refractivity contribution in [2.24, 2.45) is 0 Å². The first-order valence-corrected chi connectivity index (χ1v) is 8.62. The Morgan fingerprint density at radius 1 is 0.900 bits per heavy atom. The van der Waals surface area contributed by atoms with E-state index in [0.717, 1.165) is 25.9 Å². The van der Waals surface area contributed by atoms with E-state index in [-0.39, 0.29) is 5.91 Å². The summed E-state index contributed by atoms with van der Waals surface area (Å²) < 4.78 is 0. The zero-order valence-electron chi connectivity index (χ0n) is 14.2. The van der Waals surface area contributed by atoms with Gasteiger partial charge < -0.3 is 10.2 Å². The summed E-state index contributed by atoms with van der Waals surface area (Å²) in [5.74, 6) is 0.270. The Balaban J connectivity index is 4.04. The molecule has 0 fully saturated rings. The Bertz CT molecular complexity index is 217. The van der Waals surface area contributed by atoms with Crippen molar-refractivity contribution in [3.05, 3.63) is 0 Å².